The fraction of sp³-hybridized carbons (Fsp3) is 0.615. The molecule has 0 spiro atoms. The summed E-state index contributed by atoms with van der Waals surface area (Å²) in [5.41, 5.74) is 1.94. The summed E-state index contributed by atoms with van der Waals surface area (Å²) in [5, 5.41) is 0.963. The van der Waals surface area contributed by atoms with Crippen molar-refractivity contribution >= 4 is 23.5 Å². The second-order valence-corrected chi connectivity index (χ2v) is 11.1. The zero-order chi connectivity index (χ0) is 25.5. The number of thiazole rings is 1. The van der Waals surface area contributed by atoms with Gasteiger partial charge in [-0.05, 0) is 69.4 Å². The SMILES string of the molecule is Cc1ncc(CC(=O)N=CC2CCC(CCN3CCc4ccc(OCC(F)(F)F)nc4CC3)CC2)s1. The maximum Gasteiger partial charge on any atom is 0.422 e. The van der Waals surface area contributed by atoms with Gasteiger partial charge in [0.05, 0.1) is 11.4 Å². The minimum Gasteiger partial charge on any atom is -0.468 e. The van der Waals surface area contributed by atoms with Crippen molar-refractivity contribution in [2.24, 2.45) is 16.8 Å². The van der Waals surface area contributed by atoms with E-state index < -0.39 is 12.8 Å². The van der Waals surface area contributed by atoms with E-state index in [-0.39, 0.29) is 11.8 Å². The summed E-state index contributed by atoms with van der Waals surface area (Å²) in [5.74, 6) is 0.995. The molecule has 6 nitrogen and oxygen atoms in total. The predicted molar refractivity (Wildman–Crippen MR) is 134 cm³/mol. The van der Waals surface area contributed by atoms with Gasteiger partial charge in [0, 0.05) is 48.6 Å². The van der Waals surface area contributed by atoms with E-state index in [0.717, 1.165) is 85.7 Å². The molecule has 4 rings (SSSR count). The molecule has 1 amide bonds. The zero-order valence-electron chi connectivity index (χ0n) is 20.6. The van der Waals surface area contributed by atoms with Crippen LogP contribution in [0.25, 0.3) is 0 Å². The Morgan fingerprint density at radius 2 is 2.00 bits per heavy atom. The largest absolute Gasteiger partial charge is 0.468 e. The minimum atomic E-state index is -4.37. The second kappa shape index (κ2) is 12.3. The number of fused-ring (bicyclic) bond motifs is 1. The molecule has 36 heavy (non-hydrogen) atoms. The number of alkyl halides is 3. The van der Waals surface area contributed by atoms with Crippen LogP contribution in [0.1, 0.15) is 53.2 Å². The van der Waals surface area contributed by atoms with Crippen LogP contribution in [0.2, 0.25) is 0 Å². The van der Waals surface area contributed by atoms with E-state index in [4.69, 9.17) is 4.74 Å². The molecule has 2 aromatic heterocycles. The van der Waals surface area contributed by atoms with Gasteiger partial charge in [0.1, 0.15) is 0 Å². The van der Waals surface area contributed by atoms with Gasteiger partial charge in [-0.25, -0.2) is 15.0 Å². The molecular formula is C26H33F3N4O2S. The van der Waals surface area contributed by atoms with Gasteiger partial charge in [0.25, 0.3) is 5.91 Å². The van der Waals surface area contributed by atoms with Gasteiger partial charge in [-0.15, -0.1) is 11.3 Å². The second-order valence-electron chi connectivity index (χ2n) is 9.76. The van der Waals surface area contributed by atoms with Gasteiger partial charge < -0.3 is 9.64 Å². The van der Waals surface area contributed by atoms with E-state index in [1.54, 1.807) is 6.20 Å². The lowest BCUT2D eigenvalue weighted by molar-refractivity contribution is -0.154. The van der Waals surface area contributed by atoms with Crippen LogP contribution in [0.15, 0.2) is 23.3 Å². The van der Waals surface area contributed by atoms with Gasteiger partial charge in [-0.2, -0.15) is 13.2 Å². The van der Waals surface area contributed by atoms with E-state index in [2.05, 4.69) is 19.9 Å². The van der Waals surface area contributed by atoms with Gasteiger partial charge in [-0.1, -0.05) is 6.07 Å². The van der Waals surface area contributed by atoms with Crippen molar-refractivity contribution in [3.8, 4) is 5.88 Å². The lowest BCUT2D eigenvalue weighted by Gasteiger charge is -2.28. The summed E-state index contributed by atoms with van der Waals surface area (Å²) in [6.45, 7) is 3.41. The maximum absolute atomic E-state index is 12.4. The topological polar surface area (TPSA) is 67.7 Å². The Morgan fingerprint density at radius 1 is 1.22 bits per heavy atom. The third kappa shape index (κ3) is 8.37. The highest BCUT2D eigenvalue weighted by molar-refractivity contribution is 7.11. The average molecular weight is 523 g/mol. The fourth-order valence-corrected chi connectivity index (χ4v) is 5.72. The van der Waals surface area contributed by atoms with Crippen molar-refractivity contribution in [3.63, 3.8) is 0 Å². The summed E-state index contributed by atoms with van der Waals surface area (Å²) in [6, 6.07) is 3.39. The summed E-state index contributed by atoms with van der Waals surface area (Å²) < 4.78 is 42.1. The molecule has 0 atom stereocenters. The van der Waals surface area contributed by atoms with Crippen molar-refractivity contribution in [3.05, 3.63) is 39.5 Å². The lowest BCUT2D eigenvalue weighted by atomic mass is 9.81. The van der Waals surface area contributed by atoms with E-state index in [1.807, 2.05) is 19.2 Å². The number of nitrogens with zero attached hydrogens (tertiary/aromatic N) is 4. The summed E-state index contributed by atoms with van der Waals surface area (Å²) in [4.78, 5) is 28.2. The number of ether oxygens (including phenoxy) is 1. The van der Waals surface area contributed by atoms with Crippen molar-refractivity contribution in [1.82, 2.24) is 14.9 Å². The molecule has 2 aliphatic rings. The molecule has 0 saturated heterocycles. The number of halogens is 3. The van der Waals surface area contributed by atoms with Crippen LogP contribution in [0.3, 0.4) is 0 Å². The first-order valence-electron chi connectivity index (χ1n) is 12.6. The molecule has 1 fully saturated rings. The van der Waals surface area contributed by atoms with Crippen molar-refractivity contribution in [2.45, 2.75) is 64.5 Å². The Balaban J connectivity index is 1.16. The Morgan fingerprint density at radius 3 is 2.72 bits per heavy atom. The molecule has 1 saturated carbocycles. The third-order valence-corrected chi connectivity index (χ3v) is 7.87. The Hall–Kier alpha value is -2.33. The van der Waals surface area contributed by atoms with Crippen LogP contribution in [0, 0.1) is 18.8 Å². The Labute approximate surface area is 214 Å². The van der Waals surface area contributed by atoms with Crippen molar-refractivity contribution < 1.29 is 22.7 Å². The molecule has 0 aromatic carbocycles. The molecule has 0 radical (unpaired) electrons. The van der Waals surface area contributed by atoms with Crippen LogP contribution in [-0.4, -0.2) is 59.4 Å². The minimum absolute atomic E-state index is 0.0418. The number of carbonyl (C=O) groups excluding carboxylic acids is 1. The summed E-state index contributed by atoms with van der Waals surface area (Å²) in [6.07, 6.45) is 6.71. The first-order valence-corrected chi connectivity index (χ1v) is 13.4. The number of carbonyl (C=O) groups is 1. The number of amides is 1. The number of aryl methyl sites for hydroxylation is 1. The zero-order valence-corrected chi connectivity index (χ0v) is 21.4. The predicted octanol–water partition coefficient (Wildman–Crippen LogP) is 5.22. The van der Waals surface area contributed by atoms with E-state index in [0.29, 0.717) is 18.3 Å². The monoisotopic (exact) mass is 522 g/mol. The van der Waals surface area contributed by atoms with Crippen LogP contribution in [0.4, 0.5) is 13.2 Å². The quantitative estimate of drug-likeness (QED) is 0.445. The highest BCUT2D eigenvalue weighted by Gasteiger charge is 2.29. The molecule has 2 aromatic rings. The number of aliphatic imine (C=N–C) groups is 1. The number of hydrogen-bond donors (Lipinski definition) is 0. The van der Waals surface area contributed by atoms with E-state index >= 15 is 0 Å². The molecule has 0 N–H and O–H groups in total. The van der Waals surface area contributed by atoms with E-state index in [9.17, 15) is 18.0 Å². The van der Waals surface area contributed by atoms with Crippen molar-refractivity contribution in [2.75, 3.05) is 26.2 Å². The summed E-state index contributed by atoms with van der Waals surface area (Å²) in [7, 11) is 0. The first-order chi connectivity index (χ1) is 17.2. The smallest absolute Gasteiger partial charge is 0.422 e. The number of aromatic nitrogens is 2. The molecule has 0 unspecified atom stereocenters. The Kier molecular flexibility index (Phi) is 9.11. The molecule has 3 heterocycles. The van der Waals surface area contributed by atoms with Gasteiger partial charge in [0.2, 0.25) is 5.88 Å². The average Bonchev–Trinajstić information content (AvgIpc) is 3.14. The van der Waals surface area contributed by atoms with Gasteiger partial charge >= 0.3 is 6.18 Å². The maximum atomic E-state index is 12.4. The Bertz CT molecular complexity index is 1050. The van der Waals surface area contributed by atoms with E-state index in [1.165, 1.54) is 17.4 Å². The molecule has 0 bridgehead atoms. The van der Waals surface area contributed by atoms with Gasteiger partial charge in [-0.3, -0.25) is 4.79 Å². The molecule has 10 heteroatoms. The lowest BCUT2D eigenvalue weighted by Crippen LogP contribution is -2.29. The third-order valence-electron chi connectivity index (χ3n) is 6.96. The highest BCUT2D eigenvalue weighted by Crippen LogP contribution is 2.30. The molecule has 196 valence electrons. The van der Waals surface area contributed by atoms with Crippen LogP contribution in [0.5, 0.6) is 5.88 Å². The number of rotatable bonds is 8. The standard InChI is InChI=1S/C26H33F3N4O2S/c1-18-30-16-22(36-18)14-24(34)31-15-20-4-2-19(3-5-20)8-11-33-12-9-21-6-7-25(32-23(21)10-13-33)35-17-26(27,28)29/h6-7,15-16,19-20H,2-5,8-14,17H2,1H3. The summed E-state index contributed by atoms with van der Waals surface area (Å²) >= 11 is 1.54. The van der Waals surface area contributed by atoms with Gasteiger partial charge in [0.15, 0.2) is 6.61 Å². The molecule has 1 aliphatic carbocycles. The molecular weight excluding hydrogens is 489 g/mol. The normalized spacial score (nSPS) is 21.3. The van der Waals surface area contributed by atoms with Crippen LogP contribution in [-0.2, 0) is 24.1 Å². The number of hydrogen-bond acceptors (Lipinski definition) is 6. The molecule has 1 aliphatic heterocycles. The van der Waals surface area contributed by atoms with Crippen LogP contribution >= 0.6 is 11.3 Å². The van der Waals surface area contributed by atoms with Crippen molar-refractivity contribution in [1.29, 1.82) is 0 Å². The first kappa shape index (κ1) is 26.7. The fourth-order valence-electron chi connectivity index (χ4n) is 4.93. The number of pyridine rings is 1. The highest BCUT2D eigenvalue weighted by atomic mass is 32.1. The van der Waals surface area contributed by atoms with Crippen LogP contribution < -0.4 is 4.74 Å².